The highest BCUT2D eigenvalue weighted by Crippen LogP contribution is 2.28. The van der Waals surface area contributed by atoms with Gasteiger partial charge in [-0.3, -0.25) is 13.9 Å². The molecule has 186 valence electrons. The van der Waals surface area contributed by atoms with E-state index in [2.05, 4.69) is 5.32 Å². The summed E-state index contributed by atoms with van der Waals surface area (Å²) in [5, 5.41) is 3.10. The number of sulfonamides is 1. The molecular formula is C23H28Cl2FN3O4S. The number of benzene rings is 2. The second kappa shape index (κ2) is 11.9. The molecule has 0 aromatic heterocycles. The van der Waals surface area contributed by atoms with Gasteiger partial charge in [-0.2, -0.15) is 0 Å². The molecule has 0 radical (unpaired) electrons. The molecule has 0 spiro atoms. The maximum absolute atomic E-state index is 14.4. The summed E-state index contributed by atoms with van der Waals surface area (Å²) in [5.74, 6) is -1.48. The van der Waals surface area contributed by atoms with E-state index in [-0.39, 0.29) is 33.8 Å². The number of carbonyl (C=O) groups excluding carboxylic acids is 2. The Kier molecular flexibility index (Phi) is 9.73. The van der Waals surface area contributed by atoms with Crippen molar-refractivity contribution < 1.29 is 22.4 Å². The summed E-state index contributed by atoms with van der Waals surface area (Å²) < 4.78 is 40.3. The summed E-state index contributed by atoms with van der Waals surface area (Å²) in [6, 6.07) is 9.06. The highest BCUT2D eigenvalue weighted by atomic mass is 35.5. The minimum Gasteiger partial charge on any atom is -0.354 e. The molecule has 0 fully saturated rings. The Morgan fingerprint density at radius 2 is 1.71 bits per heavy atom. The second-order valence-corrected chi connectivity index (χ2v) is 11.0. The van der Waals surface area contributed by atoms with Crippen LogP contribution < -0.4 is 9.62 Å². The monoisotopic (exact) mass is 531 g/mol. The summed E-state index contributed by atoms with van der Waals surface area (Å²) in [6.07, 6.45) is 0.947. The zero-order valence-electron chi connectivity index (χ0n) is 19.4. The molecule has 0 heterocycles. The number of amides is 2. The van der Waals surface area contributed by atoms with Gasteiger partial charge in [-0.05, 0) is 37.1 Å². The molecule has 0 bridgehead atoms. The van der Waals surface area contributed by atoms with E-state index >= 15 is 0 Å². The molecule has 0 saturated heterocycles. The normalized spacial score (nSPS) is 12.4. The summed E-state index contributed by atoms with van der Waals surface area (Å²) >= 11 is 12.0. The Hall–Kier alpha value is -2.36. The fourth-order valence-electron chi connectivity index (χ4n) is 3.10. The van der Waals surface area contributed by atoms with Crippen LogP contribution in [0.25, 0.3) is 0 Å². The van der Waals surface area contributed by atoms with Crippen LogP contribution in [0.2, 0.25) is 10.0 Å². The first-order chi connectivity index (χ1) is 15.8. The predicted molar refractivity (Wildman–Crippen MR) is 133 cm³/mol. The number of nitrogens with one attached hydrogen (secondary N) is 1. The van der Waals surface area contributed by atoms with Crippen molar-refractivity contribution in [2.24, 2.45) is 5.92 Å². The van der Waals surface area contributed by atoms with Crippen molar-refractivity contribution in [3.63, 3.8) is 0 Å². The summed E-state index contributed by atoms with van der Waals surface area (Å²) in [5.41, 5.74) is 0.327. The average Bonchev–Trinajstić information content (AvgIpc) is 2.75. The molecule has 0 saturated carbocycles. The fourth-order valence-corrected chi connectivity index (χ4v) is 4.23. The van der Waals surface area contributed by atoms with Gasteiger partial charge >= 0.3 is 0 Å². The Balaban J connectivity index is 2.40. The third-order valence-corrected chi connectivity index (χ3v) is 6.90. The summed E-state index contributed by atoms with van der Waals surface area (Å²) in [6.45, 7) is 4.92. The minimum atomic E-state index is -3.92. The van der Waals surface area contributed by atoms with E-state index in [0.29, 0.717) is 6.54 Å². The lowest BCUT2D eigenvalue weighted by Gasteiger charge is -2.31. The highest BCUT2D eigenvalue weighted by molar-refractivity contribution is 7.92. The molecule has 2 aromatic carbocycles. The van der Waals surface area contributed by atoms with Crippen LogP contribution >= 0.6 is 23.2 Å². The number of rotatable bonds is 10. The number of hydrogen-bond donors (Lipinski definition) is 1. The quantitative estimate of drug-likeness (QED) is 0.500. The van der Waals surface area contributed by atoms with E-state index in [1.165, 1.54) is 43.3 Å². The molecule has 0 aliphatic heterocycles. The molecule has 2 aromatic rings. The molecule has 0 aliphatic carbocycles. The highest BCUT2D eigenvalue weighted by Gasteiger charge is 2.30. The Morgan fingerprint density at radius 3 is 2.26 bits per heavy atom. The van der Waals surface area contributed by atoms with E-state index in [1.54, 1.807) is 6.07 Å². The van der Waals surface area contributed by atoms with Crippen LogP contribution in [0.15, 0.2) is 42.5 Å². The molecular weight excluding hydrogens is 504 g/mol. The van der Waals surface area contributed by atoms with Gasteiger partial charge in [0, 0.05) is 18.7 Å². The number of anilines is 1. The van der Waals surface area contributed by atoms with Crippen LogP contribution in [0.3, 0.4) is 0 Å². The zero-order valence-corrected chi connectivity index (χ0v) is 21.7. The van der Waals surface area contributed by atoms with E-state index in [0.717, 1.165) is 15.5 Å². The number of carbonyl (C=O) groups is 2. The lowest BCUT2D eigenvalue weighted by Crippen LogP contribution is -2.51. The van der Waals surface area contributed by atoms with Crippen molar-refractivity contribution in [2.75, 3.05) is 23.7 Å². The first-order valence-electron chi connectivity index (χ1n) is 10.5. The van der Waals surface area contributed by atoms with E-state index in [4.69, 9.17) is 23.2 Å². The third-order valence-electron chi connectivity index (χ3n) is 5.02. The summed E-state index contributed by atoms with van der Waals surface area (Å²) in [4.78, 5) is 27.3. The molecule has 1 atom stereocenters. The van der Waals surface area contributed by atoms with Crippen molar-refractivity contribution in [2.45, 2.75) is 33.4 Å². The molecule has 11 heteroatoms. The van der Waals surface area contributed by atoms with Crippen molar-refractivity contribution >= 4 is 50.7 Å². The first-order valence-corrected chi connectivity index (χ1v) is 13.1. The standard InChI is InChI=1S/C23H28Cl2FN3O4S/c1-15(2)12-27-23(31)16(3)28(13-17-7-5-6-8-21(17)26)22(30)14-29(34(4,32)33)18-9-10-19(24)20(25)11-18/h5-11,15-16H,12-14H2,1-4H3,(H,27,31). The van der Waals surface area contributed by atoms with Gasteiger partial charge in [-0.25, -0.2) is 12.8 Å². The predicted octanol–water partition coefficient (Wildman–Crippen LogP) is 4.09. The second-order valence-electron chi connectivity index (χ2n) is 8.30. The zero-order chi connectivity index (χ0) is 25.6. The third kappa shape index (κ3) is 7.58. The lowest BCUT2D eigenvalue weighted by atomic mass is 10.1. The van der Waals surface area contributed by atoms with Gasteiger partial charge in [0.25, 0.3) is 0 Å². The summed E-state index contributed by atoms with van der Waals surface area (Å²) in [7, 11) is -3.92. The van der Waals surface area contributed by atoms with Crippen LogP contribution in [0.1, 0.15) is 26.3 Å². The minimum absolute atomic E-state index is 0.116. The van der Waals surface area contributed by atoms with Gasteiger partial charge in [0.1, 0.15) is 18.4 Å². The maximum atomic E-state index is 14.4. The van der Waals surface area contributed by atoms with Crippen molar-refractivity contribution in [1.82, 2.24) is 10.2 Å². The van der Waals surface area contributed by atoms with Gasteiger partial charge < -0.3 is 10.2 Å². The molecule has 7 nitrogen and oxygen atoms in total. The molecule has 0 aliphatic rings. The van der Waals surface area contributed by atoms with Crippen LogP contribution in [0, 0.1) is 11.7 Å². The van der Waals surface area contributed by atoms with Crippen LogP contribution in [-0.4, -0.2) is 50.5 Å². The van der Waals surface area contributed by atoms with Crippen LogP contribution in [-0.2, 0) is 26.2 Å². The Labute approximate surface area is 209 Å². The fraction of sp³-hybridized carbons (Fsp3) is 0.391. The topological polar surface area (TPSA) is 86.8 Å². The van der Waals surface area contributed by atoms with Gasteiger partial charge in [0.05, 0.1) is 22.0 Å². The van der Waals surface area contributed by atoms with Crippen LogP contribution in [0.4, 0.5) is 10.1 Å². The average molecular weight is 532 g/mol. The van der Waals surface area contributed by atoms with Crippen LogP contribution in [0.5, 0.6) is 0 Å². The SMILES string of the molecule is CC(C)CNC(=O)C(C)N(Cc1ccccc1F)C(=O)CN(c1ccc(Cl)c(Cl)c1)S(C)(=O)=O. The van der Waals surface area contributed by atoms with E-state index < -0.39 is 40.2 Å². The molecule has 2 rings (SSSR count). The molecule has 2 amide bonds. The Bertz CT molecular complexity index is 1140. The van der Waals surface area contributed by atoms with Crippen molar-refractivity contribution in [3.05, 3.63) is 63.9 Å². The molecule has 34 heavy (non-hydrogen) atoms. The molecule has 1 N–H and O–H groups in total. The number of halogens is 3. The van der Waals surface area contributed by atoms with Crippen molar-refractivity contribution in [3.8, 4) is 0 Å². The molecule has 1 unspecified atom stereocenters. The van der Waals surface area contributed by atoms with Gasteiger partial charge in [0.2, 0.25) is 21.8 Å². The smallest absolute Gasteiger partial charge is 0.244 e. The Morgan fingerprint density at radius 1 is 1.06 bits per heavy atom. The van der Waals surface area contributed by atoms with E-state index in [9.17, 15) is 22.4 Å². The lowest BCUT2D eigenvalue weighted by molar-refractivity contribution is -0.139. The van der Waals surface area contributed by atoms with Gasteiger partial charge in [-0.1, -0.05) is 55.2 Å². The first kappa shape index (κ1) is 27.9. The maximum Gasteiger partial charge on any atom is 0.244 e. The largest absolute Gasteiger partial charge is 0.354 e. The number of hydrogen-bond acceptors (Lipinski definition) is 4. The van der Waals surface area contributed by atoms with Gasteiger partial charge in [0.15, 0.2) is 0 Å². The van der Waals surface area contributed by atoms with Crippen molar-refractivity contribution in [1.29, 1.82) is 0 Å². The number of nitrogens with zero attached hydrogens (tertiary/aromatic N) is 2. The van der Waals surface area contributed by atoms with Gasteiger partial charge in [-0.15, -0.1) is 0 Å². The van der Waals surface area contributed by atoms with E-state index in [1.807, 2.05) is 13.8 Å².